The van der Waals surface area contributed by atoms with Crippen LogP contribution in [0, 0.1) is 0 Å². The molecule has 0 aliphatic rings. The Hall–Kier alpha value is -1.82. The van der Waals surface area contributed by atoms with Gasteiger partial charge >= 0.3 is 0 Å². The predicted octanol–water partition coefficient (Wildman–Crippen LogP) is 3.20. The fraction of sp³-hybridized carbons (Fsp3) is 0.529. The molecule has 0 bridgehead atoms. The van der Waals surface area contributed by atoms with Crippen molar-refractivity contribution in [3.63, 3.8) is 0 Å². The Kier molecular flexibility index (Phi) is 7.13. The molecule has 0 aromatic carbocycles. The maximum Gasteiger partial charge on any atom is 0.191 e. The summed E-state index contributed by atoms with van der Waals surface area (Å²) in [7, 11) is 0. The molecule has 6 heteroatoms. The first-order valence-electron chi connectivity index (χ1n) is 8.18. The van der Waals surface area contributed by atoms with Crippen molar-refractivity contribution in [3.05, 3.63) is 40.2 Å². The molecule has 0 spiro atoms. The summed E-state index contributed by atoms with van der Waals surface area (Å²) >= 11 is 1.74. The zero-order valence-electron chi connectivity index (χ0n) is 14.1. The lowest BCUT2D eigenvalue weighted by Gasteiger charge is -2.10. The number of furan rings is 1. The van der Waals surface area contributed by atoms with Crippen molar-refractivity contribution < 1.29 is 4.42 Å². The summed E-state index contributed by atoms with van der Waals surface area (Å²) < 4.78 is 5.32. The lowest BCUT2D eigenvalue weighted by Crippen LogP contribution is -2.38. The topological polar surface area (TPSA) is 62.5 Å². The Balaban J connectivity index is 1.76. The number of hydrogen-bond acceptors (Lipinski definition) is 4. The van der Waals surface area contributed by atoms with E-state index in [1.165, 1.54) is 5.01 Å². The van der Waals surface area contributed by atoms with E-state index in [0.29, 0.717) is 12.5 Å². The first-order valence-corrected chi connectivity index (χ1v) is 9.06. The zero-order chi connectivity index (χ0) is 16.5. The number of hydrogen-bond donors (Lipinski definition) is 2. The summed E-state index contributed by atoms with van der Waals surface area (Å²) in [6.07, 6.45) is 3.42. The lowest BCUT2D eigenvalue weighted by molar-refractivity contribution is 0.510. The van der Waals surface area contributed by atoms with Gasteiger partial charge in [-0.1, -0.05) is 13.8 Å². The largest absolute Gasteiger partial charge is 0.469 e. The van der Waals surface area contributed by atoms with E-state index in [1.807, 2.05) is 12.1 Å². The lowest BCUT2D eigenvalue weighted by atomic mass is 10.2. The van der Waals surface area contributed by atoms with Gasteiger partial charge in [-0.2, -0.15) is 0 Å². The second-order valence-corrected chi connectivity index (χ2v) is 6.49. The number of aliphatic imine (C=N–C) groups is 1. The minimum atomic E-state index is 0.502. The van der Waals surface area contributed by atoms with Crippen molar-refractivity contribution in [3.8, 4) is 0 Å². The van der Waals surface area contributed by atoms with Crippen LogP contribution >= 0.6 is 11.3 Å². The van der Waals surface area contributed by atoms with E-state index in [9.17, 15) is 0 Å². The standard InChI is InChI=1S/C17H26N4OS/c1-4-18-17(20-10-8-15-6-5-11-22-15)19-9-7-14-12-23-16(21-14)13(2)3/h5-6,11-13H,4,7-10H2,1-3H3,(H2,18,19,20). The molecule has 0 atom stereocenters. The molecule has 0 fully saturated rings. The molecule has 126 valence electrons. The number of aromatic nitrogens is 1. The molecule has 5 nitrogen and oxygen atoms in total. The molecule has 0 radical (unpaired) electrons. The Morgan fingerprint density at radius 3 is 2.87 bits per heavy atom. The summed E-state index contributed by atoms with van der Waals surface area (Å²) in [4.78, 5) is 9.22. The molecule has 2 heterocycles. The molecule has 2 rings (SSSR count). The first-order chi connectivity index (χ1) is 11.2. The van der Waals surface area contributed by atoms with Crippen LogP contribution in [0.1, 0.15) is 43.2 Å². The van der Waals surface area contributed by atoms with Crippen LogP contribution in [0.4, 0.5) is 0 Å². The second kappa shape index (κ2) is 9.35. The summed E-state index contributed by atoms with van der Waals surface area (Å²) in [5.41, 5.74) is 1.15. The third kappa shape index (κ3) is 6.06. The van der Waals surface area contributed by atoms with Gasteiger partial charge in [0.2, 0.25) is 0 Å². The molecule has 0 amide bonds. The van der Waals surface area contributed by atoms with Crippen LogP contribution in [0.15, 0.2) is 33.2 Å². The number of nitrogens with zero attached hydrogens (tertiary/aromatic N) is 2. The van der Waals surface area contributed by atoms with Crippen LogP contribution in [-0.2, 0) is 12.8 Å². The van der Waals surface area contributed by atoms with Gasteiger partial charge in [-0.15, -0.1) is 11.3 Å². The monoisotopic (exact) mass is 334 g/mol. The maximum absolute atomic E-state index is 5.32. The number of nitrogens with one attached hydrogen (secondary N) is 2. The SMILES string of the molecule is CCNC(=NCCc1ccco1)NCCc1csc(C(C)C)n1. The number of guanidine groups is 1. The van der Waals surface area contributed by atoms with Crippen LogP contribution in [0.3, 0.4) is 0 Å². The molecule has 0 unspecified atom stereocenters. The van der Waals surface area contributed by atoms with Crippen molar-refractivity contribution in [1.29, 1.82) is 0 Å². The Labute approximate surface area is 142 Å². The van der Waals surface area contributed by atoms with Crippen LogP contribution < -0.4 is 10.6 Å². The van der Waals surface area contributed by atoms with Crippen molar-refractivity contribution >= 4 is 17.3 Å². The molecule has 0 saturated heterocycles. The zero-order valence-corrected chi connectivity index (χ0v) is 14.9. The smallest absolute Gasteiger partial charge is 0.191 e. The Morgan fingerprint density at radius 1 is 1.35 bits per heavy atom. The highest BCUT2D eigenvalue weighted by Gasteiger charge is 2.06. The van der Waals surface area contributed by atoms with Crippen molar-refractivity contribution in [2.45, 2.75) is 39.5 Å². The summed E-state index contributed by atoms with van der Waals surface area (Å²) in [5.74, 6) is 2.31. The molecule has 23 heavy (non-hydrogen) atoms. The van der Waals surface area contributed by atoms with Crippen molar-refractivity contribution in [2.75, 3.05) is 19.6 Å². The van der Waals surface area contributed by atoms with E-state index in [2.05, 4.69) is 46.8 Å². The molecule has 2 N–H and O–H groups in total. The fourth-order valence-corrected chi connectivity index (χ4v) is 2.96. The first kappa shape index (κ1) is 17.5. The molecular formula is C17H26N4OS. The van der Waals surface area contributed by atoms with Crippen LogP contribution in [-0.4, -0.2) is 30.6 Å². The van der Waals surface area contributed by atoms with E-state index >= 15 is 0 Å². The third-order valence-electron chi connectivity index (χ3n) is 3.29. The normalized spacial score (nSPS) is 11.9. The minimum absolute atomic E-state index is 0.502. The van der Waals surface area contributed by atoms with E-state index < -0.39 is 0 Å². The molecule has 2 aromatic heterocycles. The highest BCUT2D eigenvalue weighted by atomic mass is 32.1. The Morgan fingerprint density at radius 2 is 2.22 bits per heavy atom. The maximum atomic E-state index is 5.32. The summed E-state index contributed by atoms with van der Waals surface area (Å²) in [6.45, 7) is 8.80. The van der Waals surface area contributed by atoms with Crippen molar-refractivity contribution in [1.82, 2.24) is 15.6 Å². The molecular weight excluding hydrogens is 308 g/mol. The molecule has 0 aliphatic heterocycles. The van der Waals surface area contributed by atoms with Crippen LogP contribution in [0.25, 0.3) is 0 Å². The van der Waals surface area contributed by atoms with Gasteiger partial charge in [0.05, 0.1) is 17.0 Å². The third-order valence-corrected chi connectivity index (χ3v) is 4.48. The van der Waals surface area contributed by atoms with Gasteiger partial charge in [0.25, 0.3) is 0 Å². The van der Waals surface area contributed by atoms with Gasteiger partial charge < -0.3 is 15.1 Å². The second-order valence-electron chi connectivity index (χ2n) is 5.60. The average molecular weight is 334 g/mol. The Bertz CT molecular complexity index is 590. The van der Waals surface area contributed by atoms with Crippen LogP contribution in [0.5, 0.6) is 0 Å². The van der Waals surface area contributed by atoms with E-state index in [0.717, 1.165) is 43.3 Å². The van der Waals surface area contributed by atoms with Gasteiger partial charge in [0.15, 0.2) is 5.96 Å². The average Bonchev–Trinajstić information content (AvgIpc) is 3.18. The summed E-state index contributed by atoms with van der Waals surface area (Å²) in [6, 6.07) is 3.88. The van der Waals surface area contributed by atoms with E-state index in [1.54, 1.807) is 17.6 Å². The van der Waals surface area contributed by atoms with E-state index in [-0.39, 0.29) is 0 Å². The predicted molar refractivity (Wildman–Crippen MR) is 96.3 cm³/mol. The minimum Gasteiger partial charge on any atom is -0.469 e. The van der Waals surface area contributed by atoms with Gasteiger partial charge in [-0.25, -0.2) is 4.98 Å². The van der Waals surface area contributed by atoms with Gasteiger partial charge in [-0.05, 0) is 19.1 Å². The van der Waals surface area contributed by atoms with Gasteiger partial charge in [0, 0.05) is 43.8 Å². The fourth-order valence-electron chi connectivity index (χ4n) is 2.09. The highest BCUT2D eigenvalue weighted by Crippen LogP contribution is 2.19. The van der Waals surface area contributed by atoms with E-state index in [4.69, 9.17) is 4.42 Å². The van der Waals surface area contributed by atoms with Crippen LogP contribution in [0.2, 0.25) is 0 Å². The summed E-state index contributed by atoms with van der Waals surface area (Å²) in [5, 5.41) is 9.98. The molecule has 0 aliphatic carbocycles. The molecule has 2 aromatic rings. The van der Waals surface area contributed by atoms with Gasteiger partial charge in [0.1, 0.15) is 5.76 Å². The van der Waals surface area contributed by atoms with Crippen molar-refractivity contribution in [2.24, 2.45) is 4.99 Å². The quantitative estimate of drug-likeness (QED) is 0.575. The molecule has 0 saturated carbocycles. The number of thiazole rings is 1. The van der Waals surface area contributed by atoms with Gasteiger partial charge in [-0.3, -0.25) is 4.99 Å². The number of rotatable bonds is 8. The highest BCUT2D eigenvalue weighted by molar-refractivity contribution is 7.09.